The van der Waals surface area contributed by atoms with E-state index in [0.717, 1.165) is 0 Å². The highest BCUT2D eigenvalue weighted by Crippen LogP contribution is 2.22. The highest BCUT2D eigenvalue weighted by molar-refractivity contribution is 7.80. The topological polar surface area (TPSA) is 57.8 Å². The Bertz CT molecular complexity index is 570. The van der Waals surface area contributed by atoms with E-state index < -0.39 is 12.2 Å². The summed E-state index contributed by atoms with van der Waals surface area (Å²) in [4.78, 5) is 18.1. The first-order chi connectivity index (χ1) is 8.63. The number of nitrogens with zero attached hydrogens (tertiary/aromatic N) is 1. The molecule has 0 saturated heterocycles. The van der Waals surface area contributed by atoms with Gasteiger partial charge < -0.3 is 10.3 Å². The van der Waals surface area contributed by atoms with Gasteiger partial charge in [0.2, 0.25) is 0 Å². The molecule has 0 fully saturated rings. The number of aromatic amines is 1. The van der Waals surface area contributed by atoms with Gasteiger partial charge in [-0.3, -0.25) is 4.79 Å². The minimum Gasteiger partial charge on any atom is -0.351 e. The van der Waals surface area contributed by atoms with Gasteiger partial charge in [0.25, 0.3) is 12.3 Å². The number of amides is 1. The first-order valence-corrected chi connectivity index (χ1v) is 5.92. The highest BCUT2D eigenvalue weighted by atomic mass is 32.1. The summed E-state index contributed by atoms with van der Waals surface area (Å²) >= 11 is 3.98. The van der Waals surface area contributed by atoms with Crippen molar-refractivity contribution in [1.29, 1.82) is 0 Å². The number of hydrogen-bond donors (Lipinski definition) is 3. The zero-order chi connectivity index (χ0) is 13.1. The average molecular weight is 271 g/mol. The standard InChI is InChI=1S/C11H11F2N3OS/c12-9(13)10-15-7-3-1-2-6(8(7)16-10)11(17)14-4-5-18/h1-3,9,18H,4-5H2,(H,14,17)(H,15,16). The van der Waals surface area contributed by atoms with Crippen LogP contribution in [0.15, 0.2) is 18.2 Å². The molecule has 1 amide bonds. The molecular weight excluding hydrogens is 260 g/mol. The Morgan fingerprint density at radius 2 is 2.28 bits per heavy atom. The highest BCUT2D eigenvalue weighted by Gasteiger charge is 2.17. The van der Waals surface area contributed by atoms with Gasteiger partial charge in [0.05, 0.1) is 11.1 Å². The van der Waals surface area contributed by atoms with Gasteiger partial charge in [-0.05, 0) is 12.1 Å². The maximum absolute atomic E-state index is 12.5. The molecule has 4 nitrogen and oxygen atoms in total. The Labute approximate surface area is 107 Å². The largest absolute Gasteiger partial charge is 0.351 e. The van der Waals surface area contributed by atoms with Gasteiger partial charge >= 0.3 is 0 Å². The molecule has 18 heavy (non-hydrogen) atoms. The van der Waals surface area contributed by atoms with Crippen molar-refractivity contribution in [3.8, 4) is 0 Å². The number of imidazole rings is 1. The summed E-state index contributed by atoms with van der Waals surface area (Å²) in [5.41, 5.74) is 0.950. The summed E-state index contributed by atoms with van der Waals surface area (Å²) in [6, 6.07) is 4.77. The number of H-pyrrole nitrogens is 1. The second-order valence-electron chi connectivity index (χ2n) is 3.60. The molecule has 0 bridgehead atoms. The summed E-state index contributed by atoms with van der Waals surface area (Å²) in [6.07, 6.45) is -2.69. The van der Waals surface area contributed by atoms with E-state index in [2.05, 4.69) is 27.9 Å². The van der Waals surface area contributed by atoms with Crippen molar-refractivity contribution in [2.45, 2.75) is 6.43 Å². The normalized spacial score (nSPS) is 11.1. The number of para-hydroxylation sites is 1. The van der Waals surface area contributed by atoms with Crippen LogP contribution < -0.4 is 5.32 Å². The Morgan fingerprint density at radius 3 is 2.94 bits per heavy atom. The first kappa shape index (κ1) is 12.8. The van der Waals surface area contributed by atoms with Crippen molar-refractivity contribution in [3.63, 3.8) is 0 Å². The summed E-state index contributed by atoms with van der Waals surface area (Å²) in [5, 5.41) is 2.62. The van der Waals surface area contributed by atoms with Crippen molar-refractivity contribution >= 4 is 29.6 Å². The predicted octanol–water partition coefficient (Wildman–Crippen LogP) is 2.16. The number of alkyl halides is 2. The molecule has 0 saturated carbocycles. The smallest absolute Gasteiger partial charge is 0.295 e. The van der Waals surface area contributed by atoms with Gasteiger partial charge in [0, 0.05) is 12.3 Å². The molecule has 2 rings (SSSR count). The molecule has 0 spiro atoms. The number of nitrogens with one attached hydrogen (secondary N) is 2. The first-order valence-electron chi connectivity index (χ1n) is 5.29. The Hall–Kier alpha value is -1.63. The lowest BCUT2D eigenvalue weighted by atomic mass is 10.1. The lowest BCUT2D eigenvalue weighted by Crippen LogP contribution is -2.25. The summed E-state index contributed by atoms with van der Waals surface area (Å²) in [7, 11) is 0. The number of benzene rings is 1. The number of rotatable bonds is 4. The number of carbonyl (C=O) groups is 1. The number of halogens is 2. The number of thiol groups is 1. The molecule has 0 atom stereocenters. The summed E-state index contributed by atoms with van der Waals surface area (Å²) < 4.78 is 25.1. The molecule has 7 heteroatoms. The van der Waals surface area contributed by atoms with Gasteiger partial charge in [0.15, 0.2) is 5.82 Å². The van der Waals surface area contributed by atoms with Crippen LogP contribution in [0.25, 0.3) is 11.0 Å². The van der Waals surface area contributed by atoms with Crippen LogP contribution in [0.5, 0.6) is 0 Å². The fourth-order valence-electron chi connectivity index (χ4n) is 1.60. The lowest BCUT2D eigenvalue weighted by molar-refractivity contribution is 0.0957. The van der Waals surface area contributed by atoms with Crippen LogP contribution in [0.3, 0.4) is 0 Å². The third-order valence-corrected chi connectivity index (χ3v) is 2.60. The quantitative estimate of drug-likeness (QED) is 0.746. The molecule has 0 aliphatic heterocycles. The number of hydrogen-bond acceptors (Lipinski definition) is 3. The zero-order valence-corrected chi connectivity index (χ0v) is 10.2. The maximum atomic E-state index is 12.5. The van der Waals surface area contributed by atoms with E-state index in [-0.39, 0.29) is 17.0 Å². The second-order valence-corrected chi connectivity index (χ2v) is 4.05. The van der Waals surface area contributed by atoms with Gasteiger partial charge in [-0.1, -0.05) is 6.07 Å². The van der Waals surface area contributed by atoms with Crippen LogP contribution in [-0.2, 0) is 0 Å². The molecule has 0 aliphatic rings. The van der Waals surface area contributed by atoms with Crippen LogP contribution in [0.1, 0.15) is 22.6 Å². The minimum absolute atomic E-state index is 0.254. The van der Waals surface area contributed by atoms with Gasteiger partial charge in [-0.25, -0.2) is 13.8 Å². The average Bonchev–Trinajstić information content (AvgIpc) is 2.79. The summed E-state index contributed by atoms with van der Waals surface area (Å²) in [6.45, 7) is 0.407. The van der Waals surface area contributed by atoms with E-state index >= 15 is 0 Å². The molecule has 0 unspecified atom stereocenters. The Morgan fingerprint density at radius 1 is 1.50 bits per heavy atom. The third kappa shape index (κ3) is 2.45. The van der Waals surface area contributed by atoms with Gasteiger partial charge in [-0.15, -0.1) is 0 Å². The molecule has 2 N–H and O–H groups in total. The minimum atomic E-state index is -2.69. The van der Waals surface area contributed by atoms with E-state index in [9.17, 15) is 13.6 Å². The third-order valence-electron chi connectivity index (χ3n) is 2.38. The van der Waals surface area contributed by atoms with E-state index in [1.54, 1.807) is 18.2 Å². The molecule has 1 heterocycles. The molecule has 1 aromatic heterocycles. The molecular formula is C11H11F2N3OS. The van der Waals surface area contributed by atoms with Crippen molar-refractivity contribution in [1.82, 2.24) is 15.3 Å². The van der Waals surface area contributed by atoms with Crippen LogP contribution in [0, 0.1) is 0 Å². The van der Waals surface area contributed by atoms with Crippen molar-refractivity contribution in [2.75, 3.05) is 12.3 Å². The van der Waals surface area contributed by atoms with E-state index in [4.69, 9.17) is 0 Å². The number of aromatic nitrogens is 2. The predicted molar refractivity (Wildman–Crippen MR) is 67.2 cm³/mol. The Balaban J connectivity index is 2.41. The van der Waals surface area contributed by atoms with E-state index in [0.29, 0.717) is 17.8 Å². The number of fused-ring (bicyclic) bond motifs is 1. The lowest BCUT2D eigenvalue weighted by Gasteiger charge is -2.03. The van der Waals surface area contributed by atoms with Crippen molar-refractivity contribution < 1.29 is 13.6 Å². The fourth-order valence-corrected chi connectivity index (χ4v) is 1.71. The van der Waals surface area contributed by atoms with Gasteiger partial charge in [-0.2, -0.15) is 12.6 Å². The molecule has 96 valence electrons. The van der Waals surface area contributed by atoms with E-state index in [1.165, 1.54) is 0 Å². The second kappa shape index (κ2) is 5.34. The van der Waals surface area contributed by atoms with Crippen LogP contribution in [0.2, 0.25) is 0 Å². The maximum Gasteiger partial charge on any atom is 0.295 e. The molecule has 1 aromatic carbocycles. The monoisotopic (exact) mass is 271 g/mol. The number of carbonyl (C=O) groups excluding carboxylic acids is 1. The van der Waals surface area contributed by atoms with Crippen LogP contribution in [-0.4, -0.2) is 28.2 Å². The molecule has 2 aromatic rings. The van der Waals surface area contributed by atoms with Crippen LogP contribution in [0.4, 0.5) is 8.78 Å². The zero-order valence-electron chi connectivity index (χ0n) is 9.28. The molecule has 0 aliphatic carbocycles. The van der Waals surface area contributed by atoms with Crippen LogP contribution >= 0.6 is 12.6 Å². The molecule has 0 radical (unpaired) electrons. The van der Waals surface area contributed by atoms with Crippen molar-refractivity contribution in [3.05, 3.63) is 29.6 Å². The fraction of sp³-hybridized carbons (Fsp3) is 0.273. The van der Waals surface area contributed by atoms with Gasteiger partial charge in [0.1, 0.15) is 5.52 Å². The summed E-state index contributed by atoms with van der Waals surface area (Å²) in [5.74, 6) is -0.272. The van der Waals surface area contributed by atoms with E-state index in [1.807, 2.05) is 0 Å². The van der Waals surface area contributed by atoms with Crippen molar-refractivity contribution in [2.24, 2.45) is 0 Å². The SMILES string of the molecule is O=C(NCCS)c1cccc2[nH]c(C(F)F)nc12. The Kier molecular flexibility index (Phi) is 3.81.